The molecule has 3 rings (SSSR count). The van der Waals surface area contributed by atoms with Crippen molar-refractivity contribution in [3.8, 4) is 0 Å². The maximum absolute atomic E-state index is 12.7. The van der Waals surface area contributed by atoms with Crippen LogP contribution in [0.5, 0.6) is 0 Å². The Bertz CT molecular complexity index is 994. The number of carbonyl (C=O) groups excluding carboxylic acids is 2. The van der Waals surface area contributed by atoms with E-state index in [0.29, 0.717) is 16.5 Å². The van der Waals surface area contributed by atoms with Gasteiger partial charge in [0.05, 0.1) is 12.2 Å². The van der Waals surface area contributed by atoms with Crippen molar-refractivity contribution < 1.29 is 19.1 Å². The Hall–Kier alpha value is -3.41. The third-order valence-electron chi connectivity index (χ3n) is 3.80. The van der Waals surface area contributed by atoms with Crippen molar-refractivity contribution in [3.05, 3.63) is 82.1 Å². The summed E-state index contributed by atoms with van der Waals surface area (Å²) in [6.45, 7) is 1.83. The second kappa shape index (κ2) is 7.65. The van der Waals surface area contributed by atoms with Gasteiger partial charge in [-0.05, 0) is 13.0 Å². The average Bonchev–Trinajstić information content (AvgIpc) is 2.66. The second-order valence-corrected chi connectivity index (χ2v) is 5.54. The molecule has 0 bridgehead atoms. The van der Waals surface area contributed by atoms with Crippen LogP contribution < -0.4 is 5.56 Å². The van der Waals surface area contributed by atoms with E-state index in [4.69, 9.17) is 9.47 Å². The number of fused-ring (bicyclic) bond motifs is 1. The summed E-state index contributed by atoms with van der Waals surface area (Å²) < 4.78 is 10.5. The molecule has 1 atom stereocenters. The number of ether oxygens (including phenoxy) is 2. The van der Waals surface area contributed by atoms with Gasteiger partial charge >= 0.3 is 11.9 Å². The van der Waals surface area contributed by atoms with Gasteiger partial charge in [-0.25, -0.2) is 9.59 Å². The highest BCUT2D eigenvalue weighted by Gasteiger charge is 2.27. The van der Waals surface area contributed by atoms with Crippen LogP contribution in [0.3, 0.4) is 0 Å². The smallest absolute Gasteiger partial charge is 0.352 e. The summed E-state index contributed by atoms with van der Waals surface area (Å²) in [5, 5.41) is 0.535. The van der Waals surface area contributed by atoms with Crippen molar-refractivity contribution in [3.63, 3.8) is 0 Å². The maximum Gasteiger partial charge on any atom is 0.352 e. The van der Waals surface area contributed by atoms with E-state index in [1.807, 2.05) is 0 Å². The zero-order chi connectivity index (χ0) is 18.5. The molecule has 1 aromatic heterocycles. The van der Waals surface area contributed by atoms with Crippen LogP contribution in [-0.4, -0.2) is 23.5 Å². The van der Waals surface area contributed by atoms with Gasteiger partial charge < -0.3 is 14.5 Å². The summed E-state index contributed by atoms with van der Waals surface area (Å²) in [5.74, 6) is -1.43. The van der Waals surface area contributed by atoms with Gasteiger partial charge in [0.15, 0.2) is 0 Å². The number of hydrogen-bond acceptors (Lipinski definition) is 5. The minimum atomic E-state index is -1.21. The number of aromatic amines is 1. The Labute approximate surface area is 149 Å². The zero-order valence-electron chi connectivity index (χ0n) is 14.1. The quantitative estimate of drug-likeness (QED) is 0.714. The first-order valence-corrected chi connectivity index (χ1v) is 8.14. The van der Waals surface area contributed by atoms with Gasteiger partial charge in [0.25, 0.3) is 0 Å². The van der Waals surface area contributed by atoms with Gasteiger partial charge in [0, 0.05) is 22.5 Å². The van der Waals surface area contributed by atoms with Crippen molar-refractivity contribution in [2.45, 2.75) is 13.0 Å². The monoisotopic (exact) mass is 351 g/mol. The lowest BCUT2D eigenvalue weighted by molar-refractivity contribution is -0.153. The third kappa shape index (κ3) is 3.64. The molecule has 6 nitrogen and oxygen atoms in total. The van der Waals surface area contributed by atoms with Gasteiger partial charge in [-0.1, -0.05) is 48.5 Å². The number of aromatic nitrogens is 1. The molecule has 1 N–H and O–H groups in total. The first-order chi connectivity index (χ1) is 12.6. The molecule has 0 radical (unpaired) electrons. The van der Waals surface area contributed by atoms with E-state index in [0.717, 1.165) is 6.07 Å². The summed E-state index contributed by atoms with van der Waals surface area (Å²) in [6, 6.07) is 16.6. The summed E-state index contributed by atoms with van der Waals surface area (Å²) in [4.78, 5) is 39.5. The van der Waals surface area contributed by atoms with E-state index in [1.165, 1.54) is 0 Å². The number of hydrogen-bond donors (Lipinski definition) is 1. The van der Waals surface area contributed by atoms with Crippen molar-refractivity contribution in [2.75, 3.05) is 6.61 Å². The minimum Gasteiger partial charge on any atom is -0.463 e. The van der Waals surface area contributed by atoms with Crippen molar-refractivity contribution in [1.82, 2.24) is 4.98 Å². The third-order valence-corrected chi connectivity index (χ3v) is 3.80. The Morgan fingerprint density at radius 2 is 1.73 bits per heavy atom. The second-order valence-electron chi connectivity index (χ2n) is 5.54. The van der Waals surface area contributed by atoms with E-state index in [1.54, 1.807) is 61.5 Å². The number of pyridine rings is 1. The van der Waals surface area contributed by atoms with Crippen LogP contribution in [0.25, 0.3) is 10.9 Å². The lowest BCUT2D eigenvalue weighted by Crippen LogP contribution is -2.23. The fourth-order valence-electron chi connectivity index (χ4n) is 2.64. The van der Waals surface area contributed by atoms with E-state index in [2.05, 4.69) is 4.98 Å². The zero-order valence-corrected chi connectivity index (χ0v) is 14.1. The molecule has 1 unspecified atom stereocenters. The predicted molar refractivity (Wildman–Crippen MR) is 95.8 cm³/mol. The van der Waals surface area contributed by atoms with Crippen LogP contribution in [0.1, 0.15) is 28.9 Å². The van der Waals surface area contributed by atoms with E-state index in [-0.39, 0.29) is 12.2 Å². The van der Waals surface area contributed by atoms with E-state index < -0.39 is 23.6 Å². The highest BCUT2D eigenvalue weighted by Crippen LogP contribution is 2.23. The number of benzene rings is 2. The first-order valence-electron chi connectivity index (χ1n) is 8.14. The summed E-state index contributed by atoms with van der Waals surface area (Å²) in [5.41, 5.74) is 0.672. The lowest BCUT2D eigenvalue weighted by Gasteiger charge is -2.17. The number of rotatable bonds is 5. The molecule has 3 aromatic rings. The Balaban J connectivity index is 1.98. The Kier molecular flexibility index (Phi) is 5.12. The summed E-state index contributed by atoms with van der Waals surface area (Å²) >= 11 is 0. The van der Waals surface area contributed by atoms with Crippen molar-refractivity contribution in [2.24, 2.45) is 0 Å². The molecule has 0 aliphatic heterocycles. The fourth-order valence-corrected chi connectivity index (χ4v) is 2.64. The molecular weight excluding hydrogens is 334 g/mol. The molecule has 132 valence electrons. The normalized spacial score (nSPS) is 11.7. The molecule has 0 spiro atoms. The molecular formula is C20H17NO5. The molecule has 0 saturated carbocycles. The molecule has 0 aliphatic carbocycles. The highest BCUT2D eigenvalue weighted by atomic mass is 16.6. The predicted octanol–water partition coefficient (Wildman–Crippen LogP) is 2.99. The van der Waals surface area contributed by atoms with Crippen LogP contribution >= 0.6 is 0 Å². The van der Waals surface area contributed by atoms with Crippen LogP contribution in [-0.2, 0) is 14.3 Å². The number of esters is 2. The minimum absolute atomic E-state index is 0.0922. The molecule has 1 heterocycles. The number of para-hydroxylation sites is 1. The number of H-pyrrole nitrogens is 1. The van der Waals surface area contributed by atoms with Gasteiger partial charge in [-0.3, -0.25) is 4.79 Å². The molecule has 2 aromatic carbocycles. The Morgan fingerprint density at radius 3 is 2.46 bits per heavy atom. The van der Waals surface area contributed by atoms with Gasteiger partial charge in [0.1, 0.15) is 0 Å². The SMILES string of the molecule is CCOC(=O)C(OC(=O)c1cc(=O)[nH]c2ccccc12)c1ccccc1. The van der Waals surface area contributed by atoms with Gasteiger partial charge in [-0.15, -0.1) is 0 Å². The van der Waals surface area contributed by atoms with Crippen LogP contribution in [0, 0.1) is 0 Å². The number of nitrogens with one attached hydrogen (secondary N) is 1. The molecule has 0 saturated heterocycles. The molecule has 6 heteroatoms. The van der Waals surface area contributed by atoms with Crippen LogP contribution in [0.15, 0.2) is 65.5 Å². The van der Waals surface area contributed by atoms with Gasteiger partial charge in [-0.2, -0.15) is 0 Å². The summed E-state index contributed by atoms with van der Waals surface area (Å²) in [7, 11) is 0. The Morgan fingerprint density at radius 1 is 1.04 bits per heavy atom. The molecule has 0 aliphatic rings. The number of carbonyl (C=O) groups is 2. The lowest BCUT2D eigenvalue weighted by atomic mass is 10.1. The van der Waals surface area contributed by atoms with Crippen LogP contribution in [0.2, 0.25) is 0 Å². The van der Waals surface area contributed by atoms with Crippen LogP contribution in [0.4, 0.5) is 0 Å². The summed E-state index contributed by atoms with van der Waals surface area (Å²) in [6.07, 6.45) is -1.21. The van der Waals surface area contributed by atoms with E-state index in [9.17, 15) is 14.4 Å². The maximum atomic E-state index is 12.7. The van der Waals surface area contributed by atoms with E-state index >= 15 is 0 Å². The van der Waals surface area contributed by atoms with Gasteiger partial charge in [0.2, 0.25) is 11.7 Å². The largest absolute Gasteiger partial charge is 0.463 e. The fraction of sp³-hybridized carbons (Fsp3) is 0.150. The highest BCUT2D eigenvalue weighted by molar-refractivity contribution is 6.03. The van der Waals surface area contributed by atoms with Crippen molar-refractivity contribution >= 4 is 22.8 Å². The standard InChI is InChI=1S/C20H17NO5/c1-2-25-20(24)18(13-8-4-3-5-9-13)26-19(23)15-12-17(22)21-16-11-7-6-10-14(15)16/h3-12,18H,2H2,1H3,(H,21,22). The first kappa shape index (κ1) is 17.4. The van der Waals surface area contributed by atoms with Crippen molar-refractivity contribution in [1.29, 1.82) is 0 Å². The topological polar surface area (TPSA) is 85.5 Å². The molecule has 26 heavy (non-hydrogen) atoms. The molecule has 0 fully saturated rings. The average molecular weight is 351 g/mol. The molecule has 0 amide bonds.